The maximum Gasteiger partial charge on any atom is 0.269 e. The van der Waals surface area contributed by atoms with Gasteiger partial charge in [0.05, 0.1) is 7.11 Å². The van der Waals surface area contributed by atoms with Gasteiger partial charge in [-0.3, -0.25) is 10.1 Å². The van der Waals surface area contributed by atoms with Gasteiger partial charge in [-0.1, -0.05) is 47.2 Å². The summed E-state index contributed by atoms with van der Waals surface area (Å²) in [6, 6.07) is 14.6. The number of anilines is 1. The van der Waals surface area contributed by atoms with E-state index in [0.29, 0.717) is 18.4 Å². The number of hydrogen-bond donors (Lipinski definition) is 2. The fourth-order valence-corrected chi connectivity index (χ4v) is 4.71. The van der Waals surface area contributed by atoms with Crippen LogP contribution in [0.1, 0.15) is 27.9 Å². The van der Waals surface area contributed by atoms with Gasteiger partial charge in [-0.15, -0.1) is 10.2 Å². The van der Waals surface area contributed by atoms with E-state index < -0.39 is 10.0 Å². The Morgan fingerprint density at radius 1 is 1.10 bits per heavy atom. The highest BCUT2D eigenvalue weighted by molar-refractivity contribution is 7.91. The molecule has 0 bridgehead atoms. The molecule has 0 atom stereocenters. The number of methoxy groups -OCH3 is 1. The lowest BCUT2D eigenvalue weighted by Crippen LogP contribution is -2.25. The molecule has 0 radical (unpaired) electrons. The lowest BCUT2D eigenvalue weighted by molar-refractivity contribution is 0.102. The van der Waals surface area contributed by atoms with E-state index in [1.807, 2.05) is 43.3 Å². The van der Waals surface area contributed by atoms with E-state index in [1.54, 1.807) is 19.2 Å². The van der Waals surface area contributed by atoms with Crippen LogP contribution in [0.25, 0.3) is 0 Å². The summed E-state index contributed by atoms with van der Waals surface area (Å²) < 4.78 is 32.5. The Kier molecular flexibility index (Phi) is 7.14. The number of nitrogens with one attached hydrogen (secondary N) is 2. The molecule has 0 saturated heterocycles. The van der Waals surface area contributed by atoms with Crippen LogP contribution in [0.3, 0.4) is 0 Å². The minimum absolute atomic E-state index is 0.120. The van der Waals surface area contributed by atoms with Gasteiger partial charge in [-0.2, -0.15) is 0 Å². The van der Waals surface area contributed by atoms with Crippen molar-refractivity contribution in [2.75, 3.05) is 19.0 Å². The van der Waals surface area contributed by atoms with Gasteiger partial charge in [-0.05, 0) is 43.5 Å². The number of aryl methyl sites for hydroxylation is 2. The predicted octanol–water partition coefficient (Wildman–Crippen LogP) is 3.02. The molecule has 2 aromatic carbocycles. The molecule has 2 N–H and O–H groups in total. The molecule has 1 amide bonds. The molecular weight excluding hydrogens is 424 g/mol. The molecule has 30 heavy (non-hydrogen) atoms. The number of carbonyl (C=O) groups excluding carboxylic acids is 1. The highest BCUT2D eigenvalue weighted by atomic mass is 32.2. The first-order chi connectivity index (χ1) is 14.4. The van der Waals surface area contributed by atoms with Gasteiger partial charge < -0.3 is 4.74 Å². The molecule has 158 valence electrons. The number of benzene rings is 2. The highest BCUT2D eigenvalue weighted by Crippen LogP contribution is 2.21. The smallest absolute Gasteiger partial charge is 0.269 e. The number of sulfonamides is 1. The molecule has 0 fully saturated rings. The van der Waals surface area contributed by atoms with Crippen LogP contribution in [0.4, 0.5) is 5.13 Å². The number of amides is 1. The molecule has 0 aliphatic rings. The summed E-state index contributed by atoms with van der Waals surface area (Å²) in [7, 11) is -2.20. The minimum Gasteiger partial charge on any atom is -0.496 e. The molecular formula is C20H22N4O4S2. The zero-order chi connectivity index (χ0) is 21.6. The summed E-state index contributed by atoms with van der Waals surface area (Å²) in [5.74, 6) is 0.401. The summed E-state index contributed by atoms with van der Waals surface area (Å²) in [6.07, 6.45) is 1.26. The molecule has 0 saturated carbocycles. The van der Waals surface area contributed by atoms with Gasteiger partial charge in [-0.25, -0.2) is 13.1 Å². The first-order valence-electron chi connectivity index (χ1n) is 9.22. The van der Waals surface area contributed by atoms with Gasteiger partial charge >= 0.3 is 0 Å². The van der Waals surface area contributed by atoms with E-state index in [1.165, 1.54) is 0 Å². The molecule has 10 heteroatoms. The number of rotatable bonds is 9. The zero-order valence-electron chi connectivity index (χ0n) is 16.6. The Morgan fingerprint density at radius 2 is 1.83 bits per heavy atom. The van der Waals surface area contributed by atoms with Crippen molar-refractivity contribution in [2.24, 2.45) is 0 Å². The van der Waals surface area contributed by atoms with Crippen LogP contribution in [0.5, 0.6) is 5.75 Å². The van der Waals surface area contributed by atoms with Gasteiger partial charge in [0, 0.05) is 12.1 Å². The first kappa shape index (κ1) is 21.9. The van der Waals surface area contributed by atoms with Crippen LogP contribution < -0.4 is 14.8 Å². The quantitative estimate of drug-likeness (QED) is 0.386. The SMILES string of the molecule is COc1ccccc1CCCNS(=O)(=O)c1nnc(NC(=O)c2ccc(C)cc2)s1. The Labute approximate surface area is 179 Å². The van der Waals surface area contributed by atoms with Crippen LogP contribution in [0.2, 0.25) is 0 Å². The van der Waals surface area contributed by atoms with Crippen LogP contribution in [-0.4, -0.2) is 38.2 Å². The average Bonchev–Trinajstić information content (AvgIpc) is 3.21. The third-order valence-electron chi connectivity index (χ3n) is 4.28. The number of carbonyl (C=O) groups is 1. The van der Waals surface area contributed by atoms with Crippen molar-refractivity contribution in [3.05, 3.63) is 65.2 Å². The van der Waals surface area contributed by atoms with Crippen molar-refractivity contribution in [1.82, 2.24) is 14.9 Å². The summed E-state index contributed by atoms with van der Waals surface area (Å²) in [5, 5.41) is 10.2. The predicted molar refractivity (Wildman–Crippen MR) is 116 cm³/mol. The normalized spacial score (nSPS) is 11.3. The van der Waals surface area contributed by atoms with E-state index in [4.69, 9.17) is 4.74 Å². The van der Waals surface area contributed by atoms with Crippen molar-refractivity contribution < 1.29 is 17.9 Å². The minimum atomic E-state index is -3.80. The standard InChI is InChI=1S/C20H22N4O4S2/c1-14-9-11-16(12-10-14)18(25)22-19-23-24-20(29-19)30(26,27)21-13-5-7-15-6-3-4-8-17(15)28-2/h3-4,6,8-12,21H,5,7,13H2,1-2H3,(H,22,23,25). The molecule has 0 unspecified atom stereocenters. The zero-order valence-corrected chi connectivity index (χ0v) is 18.2. The largest absolute Gasteiger partial charge is 0.496 e. The van der Waals surface area contributed by atoms with Gasteiger partial charge in [0.15, 0.2) is 0 Å². The van der Waals surface area contributed by atoms with Gasteiger partial charge in [0.2, 0.25) is 9.47 Å². The van der Waals surface area contributed by atoms with E-state index in [2.05, 4.69) is 20.2 Å². The van der Waals surface area contributed by atoms with E-state index >= 15 is 0 Å². The van der Waals surface area contributed by atoms with Crippen molar-refractivity contribution in [1.29, 1.82) is 0 Å². The lowest BCUT2D eigenvalue weighted by atomic mass is 10.1. The Hall–Kier alpha value is -2.82. The Morgan fingerprint density at radius 3 is 2.57 bits per heavy atom. The molecule has 0 aliphatic carbocycles. The monoisotopic (exact) mass is 446 g/mol. The number of hydrogen-bond acceptors (Lipinski definition) is 7. The van der Waals surface area contributed by atoms with Crippen LogP contribution in [0, 0.1) is 6.92 Å². The first-order valence-corrected chi connectivity index (χ1v) is 11.5. The van der Waals surface area contributed by atoms with E-state index in [9.17, 15) is 13.2 Å². The molecule has 0 aliphatic heterocycles. The number of para-hydroxylation sites is 1. The molecule has 3 aromatic rings. The second-order valence-corrected chi connectivity index (χ2v) is 9.42. The summed E-state index contributed by atoms with van der Waals surface area (Å²) in [6.45, 7) is 2.16. The topological polar surface area (TPSA) is 110 Å². The van der Waals surface area contributed by atoms with Crippen LogP contribution >= 0.6 is 11.3 Å². The third kappa shape index (κ3) is 5.62. The number of aromatic nitrogens is 2. The molecule has 1 aromatic heterocycles. The second-order valence-electron chi connectivity index (χ2n) is 6.51. The number of ether oxygens (including phenoxy) is 1. The average molecular weight is 447 g/mol. The Balaban J connectivity index is 1.54. The lowest BCUT2D eigenvalue weighted by Gasteiger charge is -2.08. The van der Waals surface area contributed by atoms with Crippen molar-refractivity contribution in [3.63, 3.8) is 0 Å². The van der Waals surface area contributed by atoms with Crippen molar-refractivity contribution in [3.8, 4) is 5.75 Å². The molecule has 1 heterocycles. The summed E-state index contributed by atoms with van der Waals surface area (Å²) in [5.41, 5.74) is 2.50. The second kappa shape index (κ2) is 9.79. The van der Waals surface area contributed by atoms with Crippen molar-refractivity contribution >= 4 is 32.4 Å². The molecule has 3 rings (SSSR count). The third-order valence-corrected chi connectivity index (χ3v) is 6.95. The summed E-state index contributed by atoms with van der Waals surface area (Å²) >= 11 is 0.802. The van der Waals surface area contributed by atoms with Gasteiger partial charge in [0.25, 0.3) is 15.9 Å². The van der Waals surface area contributed by atoms with E-state index in [0.717, 1.165) is 28.2 Å². The fraction of sp³-hybridized carbons (Fsp3) is 0.250. The maximum absolute atomic E-state index is 12.4. The van der Waals surface area contributed by atoms with Crippen LogP contribution in [0.15, 0.2) is 52.9 Å². The number of nitrogens with zero attached hydrogens (tertiary/aromatic N) is 2. The van der Waals surface area contributed by atoms with Gasteiger partial charge in [0.1, 0.15) is 5.75 Å². The maximum atomic E-state index is 12.4. The van der Waals surface area contributed by atoms with Crippen LogP contribution in [-0.2, 0) is 16.4 Å². The Bertz CT molecular complexity index is 1110. The fourth-order valence-electron chi connectivity index (χ4n) is 2.70. The summed E-state index contributed by atoms with van der Waals surface area (Å²) in [4.78, 5) is 12.2. The molecule has 0 spiro atoms. The van der Waals surface area contributed by atoms with E-state index in [-0.39, 0.29) is 21.9 Å². The van der Waals surface area contributed by atoms with Crippen molar-refractivity contribution in [2.45, 2.75) is 24.1 Å². The highest BCUT2D eigenvalue weighted by Gasteiger charge is 2.20. The molecule has 8 nitrogen and oxygen atoms in total.